The van der Waals surface area contributed by atoms with E-state index in [0.717, 1.165) is 31.5 Å². The van der Waals surface area contributed by atoms with Gasteiger partial charge in [0.1, 0.15) is 17.9 Å². The number of carbonyl (C=O) groups excluding carboxylic acids is 2. The minimum Gasteiger partial charge on any atom is -0.356 e. The molecule has 1 fully saturated rings. The largest absolute Gasteiger partial charge is 0.356 e. The van der Waals surface area contributed by atoms with Crippen LogP contribution in [0.25, 0.3) is 5.65 Å². The highest BCUT2D eigenvalue weighted by Gasteiger charge is 2.23. The lowest BCUT2D eigenvalue weighted by Gasteiger charge is -2.32. The molecule has 3 aromatic rings. The number of aldehydes is 1. The van der Waals surface area contributed by atoms with Crippen LogP contribution in [0.3, 0.4) is 0 Å². The number of rotatable bonds is 4. The van der Waals surface area contributed by atoms with Crippen molar-refractivity contribution in [3.8, 4) is 0 Å². The Morgan fingerprint density at radius 1 is 1.20 bits per heavy atom. The SMILES string of the molecule is CC(C)(C)c1ccc(C(=O)Nc2cc(N3CCCC(C=O)C3)n3nccc3n2)cc1. The third kappa shape index (κ3) is 4.06. The fourth-order valence-electron chi connectivity index (χ4n) is 3.83. The van der Waals surface area contributed by atoms with Crippen LogP contribution in [-0.4, -0.2) is 39.9 Å². The van der Waals surface area contributed by atoms with Gasteiger partial charge in [0.2, 0.25) is 0 Å². The molecule has 1 aliphatic heterocycles. The molecule has 1 saturated heterocycles. The molecule has 0 aliphatic carbocycles. The first kappa shape index (κ1) is 20.1. The van der Waals surface area contributed by atoms with Crippen molar-refractivity contribution in [2.45, 2.75) is 39.0 Å². The first-order valence-electron chi connectivity index (χ1n) is 10.3. The summed E-state index contributed by atoms with van der Waals surface area (Å²) in [4.78, 5) is 30.8. The van der Waals surface area contributed by atoms with E-state index in [1.54, 1.807) is 16.8 Å². The standard InChI is InChI=1S/C23H27N5O2/c1-23(2,3)18-8-6-17(7-9-18)22(30)26-19-13-21(28-20(25-19)10-11-24-28)27-12-4-5-16(14-27)15-29/h6-11,13,15-16H,4-5,12,14H2,1-3H3,(H,25,26,30). The zero-order chi connectivity index (χ0) is 21.3. The molecule has 0 radical (unpaired) electrons. The Labute approximate surface area is 176 Å². The molecule has 30 heavy (non-hydrogen) atoms. The molecule has 1 unspecified atom stereocenters. The molecule has 7 heteroatoms. The third-order valence-corrected chi connectivity index (χ3v) is 5.57. The highest BCUT2D eigenvalue weighted by atomic mass is 16.1. The first-order valence-corrected chi connectivity index (χ1v) is 10.3. The fourth-order valence-corrected chi connectivity index (χ4v) is 3.83. The van der Waals surface area contributed by atoms with E-state index in [1.165, 1.54) is 5.56 Å². The Hall–Kier alpha value is -3.22. The number of carbonyl (C=O) groups is 2. The Bertz CT molecular complexity index is 1070. The van der Waals surface area contributed by atoms with Crippen LogP contribution < -0.4 is 10.2 Å². The molecule has 1 N–H and O–H groups in total. The van der Waals surface area contributed by atoms with Gasteiger partial charge in [0, 0.05) is 36.7 Å². The van der Waals surface area contributed by atoms with Crippen LogP contribution in [0.5, 0.6) is 0 Å². The van der Waals surface area contributed by atoms with E-state index in [-0.39, 0.29) is 17.2 Å². The number of aromatic nitrogens is 3. The van der Waals surface area contributed by atoms with Crippen LogP contribution >= 0.6 is 0 Å². The molecule has 156 valence electrons. The van der Waals surface area contributed by atoms with Crippen molar-refractivity contribution < 1.29 is 9.59 Å². The van der Waals surface area contributed by atoms with Crippen LogP contribution in [0.15, 0.2) is 42.6 Å². The van der Waals surface area contributed by atoms with E-state index in [9.17, 15) is 9.59 Å². The van der Waals surface area contributed by atoms with Crippen molar-refractivity contribution in [2.75, 3.05) is 23.3 Å². The molecule has 7 nitrogen and oxygen atoms in total. The van der Waals surface area contributed by atoms with Crippen molar-refractivity contribution in [1.82, 2.24) is 14.6 Å². The van der Waals surface area contributed by atoms with E-state index in [0.29, 0.717) is 23.6 Å². The third-order valence-electron chi connectivity index (χ3n) is 5.57. The van der Waals surface area contributed by atoms with Gasteiger partial charge in [-0.3, -0.25) is 4.79 Å². The molecular weight excluding hydrogens is 378 g/mol. The summed E-state index contributed by atoms with van der Waals surface area (Å²) in [6.07, 6.45) is 4.55. The quantitative estimate of drug-likeness (QED) is 0.670. The van der Waals surface area contributed by atoms with Gasteiger partial charge in [0.25, 0.3) is 5.91 Å². The zero-order valence-corrected chi connectivity index (χ0v) is 17.6. The number of amides is 1. The van der Waals surface area contributed by atoms with Gasteiger partial charge in [-0.25, -0.2) is 4.98 Å². The average Bonchev–Trinajstić information content (AvgIpc) is 3.21. The predicted molar refractivity (Wildman–Crippen MR) is 117 cm³/mol. The summed E-state index contributed by atoms with van der Waals surface area (Å²) in [6, 6.07) is 11.3. The maximum atomic E-state index is 12.8. The van der Waals surface area contributed by atoms with Crippen LogP contribution in [0.2, 0.25) is 0 Å². The van der Waals surface area contributed by atoms with Gasteiger partial charge in [-0.2, -0.15) is 9.61 Å². The van der Waals surface area contributed by atoms with Gasteiger partial charge in [-0.1, -0.05) is 32.9 Å². The first-order chi connectivity index (χ1) is 14.3. The maximum Gasteiger partial charge on any atom is 0.256 e. The number of nitrogens with one attached hydrogen (secondary N) is 1. The van der Waals surface area contributed by atoms with E-state index in [2.05, 4.69) is 41.1 Å². The summed E-state index contributed by atoms with van der Waals surface area (Å²) in [5.74, 6) is 1.10. The average molecular weight is 406 g/mol. The van der Waals surface area contributed by atoms with Crippen molar-refractivity contribution in [3.05, 3.63) is 53.7 Å². The number of nitrogens with zero attached hydrogens (tertiary/aromatic N) is 4. The summed E-state index contributed by atoms with van der Waals surface area (Å²) >= 11 is 0. The lowest BCUT2D eigenvalue weighted by atomic mass is 9.87. The van der Waals surface area contributed by atoms with E-state index in [4.69, 9.17) is 0 Å². The molecular formula is C23H27N5O2. The van der Waals surface area contributed by atoms with Gasteiger partial charge in [-0.05, 0) is 36.0 Å². The Morgan fingerprint density at radius 2 is 1.97 bits per heavy atom. The fraction of sp³-hybridized carbons (Fsp3) is 0.391. The summed E-state index contributed by atoms with van der Waals surface area (Å²) in [5, 5.41) is 7.28. The Morgan fingerprint density at radius 3 is 2.67 bits per heavy atom. The van der Waals surface area contributed by atoms with Gasteiger partial charge < -0.3 is 15.0 Å². The number of benzene rings is 1. The molecule has 2 aromatic heterocycles. The molecule has 1 aliphatic rings. The number of piperidine rings is 1. The second-order valence-corrected chi connectivity index (χ2v) is 8.87. The molecule has 1 amide bonds. The monoisotopic (exact) mass is 405 g/mol. The Balaban J connectivity index is 1.60. The molecule has 3 heterocycles. The Kier molecular flexibility index (Phi) is 5.28. The summed E-state index contributed by atoms with van der Waals surface area (Å²) in [6.45, 7) is 7.91. The second kappa shape index (κ2) is 7.89. The minimum atomic E-state index is -0.206. The zero-order valence-electron chi connectivity index (χ0n) is 17.6. The minimum absolute atomic E-state index is 0.0110. The van der Waals surface area contributed by atoms with Crippen LogP contribution in [0, 0.1) is 5.92 Å². The van der Waals surface area contributed by atoms with Crippen molar-refractivity contribution in [3.63, 3.8) is 0 Å². The number of hydrogen-bond acceptors (Lipinski definition) is 5. The van der Waals surface area contributed by atoms with Gasteiger partial charge in [-0.15, -0.1) is 0 Å². The topological polar surface area (TPSA) is 79.6 Å². The van der Waals surface area contributed by atoms with Gasteiger partial charge in [0.15, 0.2) is 5.65 Å². The van der Waals surface area contributed by atoms with Crippen molar-refractivity contribution in [2.24, 2.45) is 5.92 Å². The van der Waals surface area contributed by atoms with E-state index >= 15 is 0 Å². The lowest BCUT2D eigenvalue weighted by Crippen LogP contribution is -2.37. The number of fused-ring (bicyclic) bond motifs is 1. The van der Waals surface area contributed by atoms with Gasteiger partial charge >= 0.3 is 0 Å². The van der Waals surface area contributed by atoms with Crippen molar-refractivity contribution in [1.29, 1.82) is 0 Å². The van der Waals surface area contributed by atoms with E-state index in [1.807, 2.05) is 30.3 Å². The van der Waals surface area contributed by atoms with Gasteiger partial charge in [0.05, 0.1) is 6.20 Å². The van der Waals surface area contributed by atoms with Crippen LogP contribution in [0.1, 0.15) is 49.5 Å². The summed E-state index contributed by atoms with van der Waals surface area (Å²) < 4.78 is 1.75. The highest BCUT2D eigenvalue weighted by molar-refractivity contribution is 6.04. The number of hydrogen-bond donors (Lipinski definition) is 1. The molecule has 0 bridgehead atoms. The molecule has 0 saturated carbocycles. The maximum absolute atomic E-state index is 12.8. The molecule has 0 spiro atoms. The molecule has 1 aromatic carbocycles. The molecule has 4 rings (SSSR count). The second-order valence-electron chi connectivity index (χ2n) is 8.87. The lowest BCUT2D eigenvalue weighted by molar-refractivity contribution is -0.111. The van der Waals surface area contributed by atoms with Crippen LogP contribution in [0.4, 0.5) is 11.6 Å². The highest BCUT2D eigenvalue weighted by Crippen LogP contribution is 2.26. The normalized spacial score (nSPS) is 17.2. The van der Waals surface area contributed by atoms with E-state index < -0.39 is 0 Å². The summed E-state index contributed by atoms with van der Waals surface area (Å²) in [7, 11) is 0. The number of anilines is 2. The smallest absolute Gasteiger partial charge is 0.256 e. The predicted octanol–water partition coefficient (Wildman–Crippen LogP) is 3.69. The van der Waals surface area contributed by atoms with Crippen LogP contribution in [-0.2, 0) is 10.2 Å². The summed E-state index contributed by atoms with van der Waals surface area (Å²) in [5.41, 5.74) is 2.44. The molecule has 1 atom stereocenters. The van der Waals surface area contributed by atoms with Crippen molar-refractivity contribution >= 4 is 29.5 Å².